The number of fused-ring (bicyclic) bond motifs is 10. The number of hydrogen-bond donors (Lipinski definition) is 4. The largest absolute Gasteiger partial charge is 0.478 e. The Kier molecular flexibility index (Phi) is 11.0. The highest BCUT2D eigenvalue weighted by atomic mass is 16.5. The molecule has 6 saturated carbocycles. The van der Waals surface area contributed by atoms with E-state index in [1.165, 1.54) is 57.4 Å². The summed E-state index contributed by atoms with van der Waals surface area (Å²) in [5, 5.41) is 36.0. The van der Waals surface area contributed by atoms with Crippen molar-refractivity contribution < 1.29 is 34.8 Å². The maximum absolute atomic E-state index is 11.2. The van der Waals surface area contributed by atoms with Crippen LogP contribution in [0.15, 0.2) is 25.3 Å². The summed E-state index contributed by atoms with van der Waals surface area (Å²) in [7, 11) is 0. The molecule has 0 aromatic heterocycles. The average Bonchev–Trinajstić information content (AvgIpc) is 3.73. The number of ether oxygens (including phenoxy) is 1. The van der Waals surface area contributed by atoms with E-state index in [9.17, 15) is 24.9 Å². The Labute approximate surface area is 228 Å². The van der Waals surface area contributed by atoms with Gasteiger partial charge in [0, 0.05) is 37.9 Å². The van der Waals surface area contributed by atoms with E-state index in [1.807, 2.05) is 0 Å². The first-order valence-electron chi connectivity index (χ1n) is 14.4. The van der Waals surface area contributed by atoms with E-state index < -0.39 is 5.97 Å². The van der Waals surface area contributed by atoms with Gasteiger partial charge in [0.15, 0.2) is 0 Å². The molecule has 0 saturated heterocycles. The second kappa shape index (κ2) is 13.6. The van der Waals surface area contributed by atoms with Crippen molar-refractivity contribution in [2.24, 2.45) is 71.0 Å². The van der Waals surface area contributed by atoms with Crippen LogP contribution in [0, 0.1) is 71.0 Å². The molecule has 6 aliphatic rings. The Morgan fingerprint density at radius 2 is 1.00 bits per heavy atom. The molecule has 0 aromatic carbocycles. The van der Waals surface area contributed by atoms with Crippen molar-refractivity contribution in [3.05, 3.63) is 25.3 Å². The number of carboxylic acids is 1. The molecule has 0 aromatic rings. The van der Waals surface area contributed by atoms with Crippen LogP contribution in [0.5, 0.6) is 0 Å². The molecule has 38 heavy (non-hydrogen) atoms. The summed E-state index contributed by atoms with van der Waals surface area (Å²) in [6.07, 6.45) is 12.8. The Balaban J connectivity index is 0.000000179. The number of hydrogen-bond acceptors (Lipinski definition) is 6. The Morgan fingerprint density at radius 1 is 0.658 bits per heavy atom. The van der Waals surface area contributed by atoms with Gasteiger partial charge in [-0.3, -0.25) is 0 Å². The van der Waals surface area contributed by atoms with Gasteiger partial charge < -0.3 is 25.2 Å². The van der Waals surface area contributed by atoms with Crippen LogP contribution in [-0.4, -0.2) is 58.8 Å². The minimum Gasteiger partial charge on any atom is -0.478 e. The molecule has 12 unspecified atom stereocenters. The summed E-state index contributed by atoms with van der Waals surface area (Å²) in [4.78, 5) is 20.4. The number of esters is 1. The van der Waals surface area contributed by atoms with Gasteiger partial charge in [0.2, 0.25) is 0 Å². The zero-order valence-corrected chi connectivity index (χ0v) is 22.0. The Hall–Kier alpha value is -1.70. The summed E-state index contributed by atoms with van der Waals surface area (Å²) >= 11 is 0. The molecule has 0 aliphatic heterocycles. The zero-order valence-electron chi connectivity index (χ0n) is 22.0. The maximum Gasteiger partial charge on any atom is 0.330 e. The first kappa shape index (κ1) is 30.8. The van der Waals surface area contributed by atoms with E-state index in [4.69, 9.17) is 9.84 Å². The average molecular weight is 535 g/mol. The van der Waals surface area contributed by atoms with Crippen molar-refractivity contribution in [3.8, 4) is 0 Å². The number of carbonyl (C=O) groups is 2. The van der Waals surface area contributed by atoms with Crippen LogP contribution in [0.1, 0.15) is 58.8 Å². The molecule has 6 rings (SSSR count). The number of rotatable bonds is 7. The van der Waals surface area contributed by atoms with Gasteiger partial charge in [-0.1, -0.05) is 33.4 Å². The molecule has 0 radical (unpaired) electrons. The second-order valence-electron chi connectivity index (χ2n) is 12.2. The minimum absolute atomic E-state index is 0. The lowest BCUT2D eigenvalue weighted by Crippen LogP contribution is -2.37. The zero-order chi connectivity index (χ0) is 26.7. The van der Waals surface area contributed by atoms with Crippen LogP contribution in [-0.2, 0) is 14.3 Å². The third-order valence-electron chi connectivity index (χ3n) is 11.2. The van der Waals surface area contributed by atoms with Crippen LogP contribution in [0.25, 0.3) is 0 Å². The van der Waals surface area contributed by atoms with Gasteiger partial charge in [-0.2, -0.15) is 0 Å². The first-order chi connectivity index (χ1) is 17.9. The summed E-state index contributed by atoms with van der Waals surface area (Å²) in [6.45, 7) is 7.71. The monoisotopic (exact) mass is 534 g/mol. The third-order valence-corrected chi connectivity index (χ3v) is 11.2. The highest BCUT2D eigenvalue weighted by Gasteiger charge is 2.59. The SMILES string of the molecule is C.C=CC(=O)O.C=CC(=O)OCC1C(CO)C2CC1C1CCCC12.OCC1C(CO)C2CC1C1CCCC12. The van der Waals surface area contributed by atoms with Gasteiger partial charge in [-0.25, -0.2) is 9.59 Å². The number of carbonyl (C=O) groups excluding carboxylic acids is 1. The van der Waals surface area contributed by atoms with Crippen LogP contribution in [0.4, 0.5) is 0 Å². The predicted octanol–water partition coefficient (Wildman–Crippen LogP) is 4.17. The number of aliphatic hydroxyl groups excluding tert-OH is 3. The van der Waals surface area contributed by atoms with Crippen LogP contribution < -0.4 is 0 Å². The lowest BCUT2D eigenvalue weighted by molar-refractivity contribution is -0.141. The van der Waals surface area contributed by atoms with Gasteiger partial charge in [-0.05, 0) is 104 Å². The van der Waals surface area contributed by atoms with E-state index in [2.05, 4.69) is 13.2 Å². The number of carboxylic acid groups (broad SMARTS) is 1. The Morgan fingerprint density at radius 3 is 1.32 bits per heavy atom. The van der Waals surface area contributed by atoms with Crippen molar-refractivity contribution in [2.75, 3.05) is 26.4 Å². The van der Waals surface area contributed by atoms with Crippen molar-refractivity contribution in [1.82, 2.24) is 0 Å². The molecule has 7 heteroatoms. The standard InChI is InChI=1S/C15H22O3.C12H20O2.C3H4O2.CH4/c1-2-15(17)18-8-14-12-6-11(13(14)7-16)9-4-3-5-10(9)12;13-5-11-9-4-10(12(11)6-14)8-3-1-2-7(8)9;1-2-3(4)5;/h2,9-14,16H,1,3-8H2;7-14H,1-6H2;2H,1H2,(H,4,5);1H4. The molecule has 6 aliphatic carbocycles. The van der Waals surface area contributed by atoms with Gasteiger partial charge in [0.05, 0.1) is 6.61 Å². The fourth-order valence-electron chi connectivity index (χ4n) is 10.0. The predicted molar refractivity (Wildman–Crippen MR) is 146 cm³/mol. The molecule has 0 spiro atoms. The topological polar surface area (TPSA) is 124 Å². The van der Waals surface area contributed by atoms with Crippen molar-refractivity contribution in [3.63, 3.8) is 0 Å². The van der Waals surface area contributed by atoms with Crippen LogP contribution >= 0.6 is 0 Å². The van der Waals surface area contributed by atoms with E-state index in [0.717, 1.165) is 41.6 Å². The summed E-state index contributed by atoms with van der Waals surface area (Å²) in [5.41, 5.74) is 0. The lowest BCUT2D eigenvalue weighted by Gasteiger charge is -2.37. The molecule has 6 fully saturated rings. The molecule has 0 heterocycles. The minimum atomic E-state index is -0.981. The van der Waals surface area contributed by atoms with Crippen LogP contribution in [0.2, 0.25) is 0 Å². The number of aliphatic carboxylic acids is 1. The smallest absolute Gasteiger partial charge is 0.330 e. The highest BCUT2D eigenvalue weighted by molar-refractivity contribution is 5.81. The van der Waals surface area contributed by atoms with E-state index in [1.54, 1.807) is 0 Å². The number of aliphatic hydroxyl groups is 3. The van der Waals surface area contributed by atoms with Crippen molar-refractivity contribution >= 4 is 11.9 Å². The van der Waals surface area contributed by atoms with E-state index in [0.29, 0.717) is 55.3 Å². The van der Waals surface area contributed by atoms with Crippen molar-refractivity contribution in [1.29, 1.82) is 0 Å². The summed E-state index contributed by atoms with van der Waals surface area (Å²) in [5.74, 6) is 6.59. The van der Waals surface area contributed by atoms with Gasteiger partial charge in [0.1, 0.15) is 0 Å². The van der Waals surface area contributed by atoms with Crippen molar-refractivity contribution in [2.45, 2.75) is 58.8 Å². The molecule has 7 nitrogen and oxygen atoms in total. The lowest BCUT2D eigenvalue weighted by atomic mass is 9.70. The fourth-order valence-corrected chi connectivity index (χ4v) is 10.0. The molecular formula is C31H50O7. The second-order valence-corrected chi connectivity index (χ2v) is 12.2. The molecule has 12 atom stereocenters. The van der Waals surface area contributed by atoms with E-state index in [-0.39, 0.29) is 20.0 Å². The molecule has 4 N–H and O–H groups in total. The highest BCUT2D eigenvalue weighted by Crippen LogP contribution is 2.64. The normalized spacial score (nSPS) is 42.5. The maximum atomic E-state index is 11.2. The molecule has 0 amide bonds. The molecular weight excluding hydrogens is 484 g/mol. The van der Waals surface area contributed by atoms with Gasteiger partial charge in [-0.15, -0.1) is 0 Å². The third kappa shape index (κ3) is 5.75. The Bertz CT molecular complexity index is 805. The molecule has 4 bridgehead atoms. The molecule has 216 valence electrons. The van der Waals surface area contributed by atoms with Crippen LogP contribution in [0.3, 0.4) is 0 Å². The fraction of sp³-hybridized carbons (Fsp3) is 0.806. The van der Waals surface area contributed by atoms with E-state index >= 15 is 0 Å². The summed E-state index contributed by atoms with van der Waals surface area (Å²) < 4.78 is 5.24. The first-order valence-corrected chi connectivity index (χ1v) is 14.4. The van der Waals surface area contributed by atoms with Gasteiger partial charge in [0.25, 0.3) is 0 Å². The quantitative estimate of drug-likeness (QED) is 0.285. The van der Waals surface area contributed by atoms with Gasteiger partial charge >= 0.3 is 11.9 Å². The summed E-state index contributed by atoms with van der Waals surface area (Å²) in [6, 6.07) is 0.